The number of rotatable bonds is 1. The molecular weight excluding hydrogens is 204 g/mol. The number of aromatic nitrogens is 1. The molecule has 2 rings (SSSR count). The highest BCUT2D eigenvalue weighted by atomic mass is 16.3. The van der Waals surface area contributed by atoms with Crippen molar-refractivity contribution >= 4 is 5.69 Å². The second-order valence-corrected chi connectivity index (χ2v) is 3.59. The first-order valence-corrected chi connectivity index (χ1v) is 4.87. The van der Waals surface area contributed by atoms with Gasteiger partial charge in [-0.25, -0.2) is 0 Å². The van der Waals surface area contributed by atoms with Crippen molar-refractivity contribution < 1.29 is 5.11 Å². The molecule has 1 aromatic heterocycles. The lowest BCUT2D eigenvalue weighted by atomic mass is 10.2. The van der Waals surface area contributed by atoms with Crippen LogP contribution in [0, 0.1) is 6.92 Å². The molecular formula is C12H12N2O2. The molecule has 0 atom stereocenters. The number of hydrogen-bond acceptors (Lipinski definition) is 3. The fourth-order valence-corrected chi connectivity index (χ4v) is 1.69. The van der Waals surface area contributed by atoms with Gasteiger partial charge in [0.1, 0.15) is 5.75 Å². The van der Waals surface area contributed by atoms with Gasteiger partial charge in [0, 0.05) is 17.4 Å². The molecule has 0 saturated carbocycles. The van der Waals surface area contributed by atoms with Crippen molar-refractivity contribution in [1.82, 2.24) is 4.57 Å². The van der Waals surface area contributed by atoms with E-state index in [1.54, 1.807) is 31.2 Å². The summed E-state index contributed by atoms with van der Waals surface area (Å²) in [6.07, 6.45) is 0. The highest BCUT2D eigenvalue weighted by Crippen LogP contribution is 2.20. The Morgan fingerprint density at radius 1 is 1.25 bits per heavy atom. The van der Waals surface area contributed by atoms with Gasteiger partial charge in [0.05, 0.1) is 5.69 Å². The van der Waals surface area contributed by atoms with Gasteiger partial charge in [0.15, 0.2) is 0 Å². The molecule has 2 aromatic rings. The molecule has 16 heavy (non-hydrogen) atoms. The smallest absolute Gasteiger partial charge is 0.257 e. The van der Waals surface area contributed by atoms with Crippen LogP contribution in [0.4, 0.5) is 5.69 Å². The number of nitrogens with zero attached hydrogens (tertiary/aromatic N) is 1. The molecule has 1 aromatic carbocycles. The van der Waals surface area contributed by atoms with E-state index in [-0.39, 0.29) is 11.3 Å². The van der Waals surface area contributed by atoms with E-state index in [9.17, 15) is 9.90 Å². The number of hydrogen-bond donors (Lipinski definition) is 2. The van der Waals surface area contributed by atoms with Gasteiger partial charge in [0.25, 0.3) is 5.56 Å². The summed E-state index contributed by atoms with van der Waals surface area (Å²) in [7, 11) is 0. The Labute approximate surface area is 92.6 Å². The summed E-state index contributed by atoms with van der Waals surface area (Å²) in [6, 6.07) is 9.71. The van der Waals surface area contributed by atoms with Crippen molar-refractivity contribution in [3.8, 4) is 11.4 Å². The number of para-hydroxylation sites is 2. The highest BCUT2D eigenvalue weighted by molar-refractivity contribution is 5.49. The molecule has 1 heterocycles. The lowest BCUT2D eigenvalue weighted by Crippen LogP contribution is -2.20. The first kappa shape index (κ1) is 10.3. The molecule has 3 N–H and O–H groups in total. The molecule has 0 aliphatic rings. The van der Waals surface area contributed by atoms with Gasteiger partial charge in [-0.15, -0.1) is 0 Å². The molecule has 0 aliphatic heterocycles. The Morgan fingerprint density at radius 2 is 1.94 bits per heavy atom. The zero-order valence-electron chi connectivity index (χ0n) is 8.84. The average molecular weight is 216 g/mol. The normalized spacial score (nSPS) is 10.3. The summed E-state index contributed by atoms with van der Waals surface area (Å²) in [5, 5.41) is 9.69. The van der Waals surface area contributed by atoms with Crippen molar-refractivity contribution in [3.63, 3.8) is 0 Å². The maximum absolute atomic E-state index is 11.8. The Bertz CT molecular complexity index is 588. The van der Waals surface area contributed by atoms with Crippen LogP contribution in [0.15, 0.2) is 41.2 Å². The van der Waals surface area contributed by atoms with E-state index in [2.05, 4.69) is 0 Å². The maximum Gasteiger partial charge on any atom is 0.257 e. The number of aryl methyl sites for hydroxylation is 1. The van der Waals surface area contributed by atoms with E-state index in [0.717, 1.165) is 0 Å². The lowest BCUT2D eigenvalue weighted by Gasteiger charge is -2.11. The van der Waals surface area contributed by atoms with E-state index in [1.807, 2.05) is 0 Å². The van der Waals surface area contributed by atoms with Gasteiger partial charge >= 0.3 is 0 Å². The van der Waals surface area contributed by atoms with Crippen molar-refractivity contribution in [2.24, 2.45) is 0 Å². The van der Waals surface area contributed by atoms with Gasteiger partial charge in [-0.05, 0) is 25.1 Å². The number of aromatic hydroxyl groups is 1. The fourth-order valence-electron chi connectivity index (χ4n) is 1.69. The van der Waals surface area contributed by atoms with Gasteiger partial charge < -0.3 is 10.8 Å². The third kappa shape index (κ3) is 1.65. The minimum Gasteiger partial charge on any atom is -0.506 e. The Hall–Kier alpha value is -2.23. The molecule has 0 unspecified atom stereocenters. The molecule has 0 saturated heterocycles. The molecule has 4 nitrogen and oxygen atoms in total. The highest BCUT2D eigenvalue weighted by Gasteiger charge is 2.07. The minimum absolute atomic E-state index is 0.0671. The molecule has 0 radical (unpaired) electrons. The summed E-state index contributed by atoms with van der Waals surface area (Å²) in [5.74, 6) is 0.0671. The molecule has 0 fully saturated rings. The first-order chi connectivity index (χ1) is 7.59. The number of benzene rings is 1. The van der Waals surface area contributed by atoms with Crippen LogP contribution < -0.4 is 11.3 Å². The van der Waals surface area contributed by atoms with Crippen molar-refractivity contribution in [2.45, 2.75) is 6.92 Å². The van der Waals surface area contributed by atoms with Crippen LogP contribution in [0.1, 0.15) is 5.69 Å². The third-order valence-corrected chi connectivity index (χ3v) is 2.36. The number of anilines is 1. The average Bonchev–Trinajstić information content (AvgIpc) is 2.19. The topological polar surface area (TPSA) is 68.2 Å². The predicted molar refractivity (Wildman–Crippen MR) is 62.9 cm³/mol. The summed E-state index contributed by atoms with van der Waals surface area (Å²) in [5.41, 5.74) is 6.89. The SMILES string of the molecule is Cc1cc(N)cc(=O)n1-c1ccccc1O. The summed E-state index contributed by atoms with van der Waals surface area (Å²) < 4.78 is 1.42. The van der Waals surface area contributed by atoms with Crippen molar-refractivity contribution in [2.75, 3.05) is 5.73 Å². The molecule has 4 heteroatoms. The Kier molecular flexibility index (Phi) is 2.40. The zero-order valence-corrected chi connectivity index (χ0v) is 8.84. The van der Waals surface area contributed by atoms with E-state index < -0.39 is 0 Å². The fraction of sp³-hybridized carbons (Fsp3) is 0.0833. The quantitative estimate of drug-likeness (QED) is 0.757. The van der Waals surface area contributed by atoms with Crippen LogP contribution in [-0.2, 0) is 0 Å². The van der Waals surface area contributed by atoms with Crippen LogP contribution in [0.3, 0.4) is 0 Å². The van der Waals surface area contributed by atoms with E-state index in [4.69, 9.17) is 5.73 Å². The lowest BCUT2D eigenvalue weighted by molar-refractivity contribution is 0.471. The Morgan fingerprint density at radius 3 is 2.56 bits per heavy atom. The predicted octanol–water partition coefficient (Wildman–Crippen LogP) is 1.43. The molecule has 0 bridgehead atoms. The molecule has 82 valence electrons. The first-order valence-electron chi connectivity index (χ1n) is 4.87. The van der Waals surface area contributed by atoms with Gasteiger partial charge in [-0.3, -0.25) is 9.36 Å². The standard InChI is InChI=1S/C12H12N2O2/c1-8-6-9(13)7-12(16)14(8)10-4-2-3-5-11(10)15/h2-7,15H,13H2,1H3. The second kappa shape index (κ2) is 3.73. The molecule has 0 aliphatic carbocycles. The van der Waals surface area contributed by atoms with Gasteiger partial charge in [-0.1, -0.05) is 12.1 Å². The maximum atomic E-state index is 11.8. The number of pyridine rings is 1. The number of nitrogen functional groups attached to an aromatic ring is 1. The van der Waals surface area contributed by atoms with Crippen LogP contribution in [-0.4, -0.2) is 9.67 Å². The van der Waals surface area contributed by atoms with Crippen LogP contribution >= 0.6 is 0 Å². The van der Waals surface area contributed by atoms with E-state index in [0.29, 0.717) is 17.1 Å². The summed E-state index contributed by atoms with van der Waals surface area (Å²) in [4.78, 5) is 11.8. The minimum atomic E-state index is -0.251. The number of nitrogens with two attached hydrogens (primary N) is 1. The van der Waals surface area contributed by atoms with Crippen LogP contribution in [0.2, 0.25) is 0 Å². The second-order valence-electron chi connectivity index (χ2n) is 3.59. The number of phenols is 1. The Balaban J connectivity index is 2.75. The largest absolute Gasteiger partial charge is 0.506 e. The van der Waals surface area contributed by atoms with E-state index >= 15 is 0 Å². The summed E-state index contributed by atoms with van der Waals surface area (Å²) >= 11 is 0. The van der Waals surface area contributed by atoms with Crippen molar-refractivity contribution in [1.29, 1.82) is 0 Å². The van der Waals surface area contributed by atoms with Crippen LogP contribution in [0.25, 0.3) is 5.69 Å². The molecule has 0 amide bonds. The van der Waals surface area contributed by atoms with Crippen molar-refractivity contribution in [3.05, 3.63) is 52.4 Å². The monoisotopic (exact) mass is 216 g/mol. The number of phenolic OH excluding ortho intramolecular Hbond substituents is 1. The third-order valence-electron chi connectivity index (χ3n) is 2.36. The van der Waals surface area contributed by atoms with Crippen LogP contribution in [0.5, 0.6) is 5.75 Å². The summed E-state index contributed by atoms with van der Waals surface area (Å²) in [6.45, 7) is 1.77. The zero-order chi connectivity index (χ0) is 11.7. The van der Waals surface area contributed by atoms with E-state index in [1.165, 1.54) is 16.7 Å². The van der Waals surface area contributed by atoms with Gasteiger partial charge in [-0.2, -0.15) is 0 Å². The van der Waals surface area contributed by atoms with Gasteiger partial charge in [0.2, 0.25) is 0 Å². The molecule has 0 spiro atoms.